The SMILES string of the molecule is O=C(OCC1CC1)N(Cc1ccccc1)C1CN2CCC1CC2. The normalized spacial score (nSPS) is 29.3. The molecular weight excluding hydrogens is 288 g/mol. The highest BCUT2D eigenvalue weighted by Crippen LogP contribution is 2.33. The van der Waals surface area contributed by atoms with Crippen LogP contribution < -0.4 is 0 Å². The Kier molecular flexibility index (Phi) is 4.25. The van der Waals surface area contributed by atoms with Crippen LogP contribution in [0.5, 0.6) is 0 Å². The molecule has 1 amide bonds. The molecule has 0 radical (unpaired) electrons. The van der Waals surface area contributed by atoms with Crippen molar-refractivity contribution in [2.45, 2.75) is 38.3 Å². The van der Waals surface area contributed by atoms with E-state index in [1.54, 1.807) is 0 Å². The first-order valence-electron chi connectivity index (χ1n) is 8.99. The predicted molar refractivity (Wildman–Crippen MR) is 89.0 cm³/mol. The average molecular weight is 314 g/mol. The van der Waals surface area contributed by atoms with Crippen molar-refractivity contribution in [2.24, 2.45) is 11.8 Å². The molecule has 23 heavy (non-hydrogen) atoms. The molecule has 1 aliphatic carbocycles. The molecule has 1 aromatic rings. The Hall–Kier alpha value is -1.55. The lowest BCUT2D eigenvalue weighted by atomic mass is 9.83. The van der Waals surface area contributed by atoms with E-state index >= 15 is 0 Å². The van der Waals surface area contributed by atoms with E-state index in [-0.39, 0.29) is 6.09 Å². The summed E-state index contributed by atoms with van der Waals surface area (Å²) in [5, 5.41) is 0. The fourth-order valence-electron chi connectivity index (χ4n) is 3.94. The van der Waals surface area contributed by atoms with Crippen molar-refractivity contribution < 1.29 is 9.53 Å². The lowest BCUT2D eigenvalue weighted by molar-refractivity contribution is -0.00246. The molecule has 0 aromatic heterocycles. The van der Waals surface area contributed by atoms with Gasteiger partial charge in [-0.05, 0) is 56.2 Å². The molecule has 1 atom stereocenters. The minimum absolute atomic E-state index is 0.112. The third-order valence-electron chi connectivity index (χ3n) is 5.59. The number of hydrogen-bond donors (Lipinski definition) is 0. The molecule has 4 heteroatoms. The molecular formula is C19H26N2O2. The number of hydrogen-bond acceptors (Lipinski definition) is 3. The number of benzene rings is 1. The first kappa shape index (κ1) is 15.0. The van der Waals surface area contributed by atoms with Gasteiger partial charge in [-0.25, -0.2) is 4.79 Å². The van der Waals surface area contributed by atoms with Crippen molar-refractivity contribution in [3.63, 3.8) is 0 Å². The molecule has 3 heterocycles. The maximum atomic E-state index is 12.7. The smallest absolute Gasteiger partial charge is 0.410 e. The highest BCUT2D eigenvalue weighted by atomic mass is 16.6. The maximum Gasteiger partial charge on any atom is 0.410 e. The van der Waals surface area contributed by atoms with Crippen LogP contribution in [0.25, 0.3) is 0 Å². The molecule has 0 spiro atoms. The summed E-state index contributed by atoms with van der Waals surface area (Å²) < 4.78 is 5.63. The van der Waals surface area contributed by atoms with Crippen LogP contribution in [-0.2, 0) is 11.3 Å². The number of nitrogens with zero attached hydrogens (tertiary/aromatic N) is 2. The minimum Gasteiger partial charge on any atom is -0.449 e. The molecule has 4 fully saturated rings. The Bertz CT molecular complexity index is 536. The molecule has 4 aliphatic rings. The van der Waals surface area contributed by atoms with Crippen LogP contribution in [0.2, 0.25) is 0 Å². The van der Waals surface area contributed by atoms with Crippen molar-refractivity contribution in [1.29, 1.82) is 0 Å². The molecule has 3 aliphatic heterocycles. The zero-order chi connectivity index (χ0) is 15.6. The van der Waals surface area contributed by atoms with Gasteiger partial charge in [0.2, 0.25) is 0 Å². The topological polar surface area (TPSA) is 32.8 Å². The van der Waals surface area contributed by atoms with Crippen molar-refractivity contribution in [3.05, 3.63) is 35.9 Å². The number of rotatable bonds is 5. The lowest BCUT2D eigenvalue weighted by Crippen LogP contribution is -2.58. The van der Waals surface area contributed by atoms with Crippen LogP contribution in [-0.4, -0.2) is 48.2 Å². The van der Waals surface area contributed by atoms with Crippen LogP contribution in [0.15, 0.2) is 30.3 Å². The monoisotopic (exact) mass is 314 g/mol. The van der Waals surface area contributed by atoms with Crippen molar-refractivity contribution in [3.8, 4) is 0 Å². The molecule has 2 bridgehead atoms. The molecule has 1 aromatic carbocycles. The molecule has 5 rings (SSSR count). The first-order valence-corrected chi connectivity index (χ1v) is 8.99. The number of carbonyl (C=O) groups is 1. The van der Waals surface area contributed by atoms with Crippen molar-refractivity contribution >= 4 is 6.09 Å². The average Bonchev–Trinajstić information content (AvgIpc) is 3.44. The number of piperidine rings is 3. The summed E-state index contributed by atoms with van der Waals surface area (Å²) in [6.45, 7) is 4.66. The van der Waals surface area contributed by atoms with Crippen molar-refractivity contribution in [2.75, 3.05) is 26.2 Å². The van der Waals surface area contributed by atoms with Gasteiger partial charge in [-0.15, -0.1) is 0 Å². The zero-order valence-corrected chi connectivity index (χ0v) is 13.7. The number of carbonyl (C=O) groups excluding carboxylic acids is 1. The van der Waals surface area contributed by atoms with Gasteiger partial charge in [-0.3, -0.25) is 4.90 Å². The van der Waals surface area contributed by atoms with Gasteiger partial charge < -0.3 is 9.64 Å². The van der Waals surface area contributed by atoms with Gasteiger partial charge in [0.25, 0.3) is 0 Å². The summed E-state index contributed by atoms with van der Waals surface area (Å²) in [5.74, 6) is 1.25. The Morgan fingerprint density at radius 1 is 1.13 bits per heavy atom. The van der Waals surface area contributed by atoms with Gasteiger partial charge in [-0.2, -0.15) is 0 Å². The number of fused-ring (bicyclic) bond motifs is 3. The van der Waals surface area contributed by atoms with Gasteiger partial charge in [0.05, 0.1) is 12.6 Å². The van der Waals surface area contributed by atoms with Gasteiger partial charge >= 0.3 is 6.09 Å². The minimum atomic E-state index is -0.112. The van der Waals surface area contributed by atoms with E-state index < -0.39 is 0 Å². The fourth-order valence-corrected chi connectivity index (χ4v) is 3.94. The maximum absolute atomic E-state index is 12.7. The van der Waals surface area contributed by atoms with E-state index in [1.807, 2.05) is 23.1 Å². The van der Waals surface area contributed by atoms with Crippen LogP contribution in [0.4, 0.5) is 4.79 Å². The van der Waals surface area contributed by atoms with E-state index in [1.165, 1.54) is 44.3 Å². The number of ether oxygens (including phenoxy) is 1. The van der Waals surface area contributed by atoms with Crippen LogP contribution >= 0.6 is 0 Å². The van der Waals surface area contributed by atoms with E-state index in [2.05, 4.69) is 17.0 Å². The van der Waals surface area contributed by atoms with E-state index in [4.69, 9.17) is 4.74 Å². The quantitative estimate of drug-likeness (QED) is 0.837. The Labute approximate surface area is 138 Å². The van der Waals surface area contributed by atoms with Crippen molar-refractivity contribution in [1.82, 2.24) is 9.80 Å². The molecule has 124 valence electrons. The summed E-state index contributed by atoms with van der Waals surface area (Å²) in [4.78, 5) is 17.2. The summed E-state index contributed by atoms with van der Waals surface area (Å²) in [6.07, 6.45) is 4.74. The second-order valence-corrected chi connectivity index (χ2v) is 7.34. The highest BCUT2D eigenvalue weighted by Gasteiger charge is 2.40. The molecule has 3 saturated heterocycles. The lowest BCUT2D eigenvalue weighted by Gasteiger charge is -2.48. The van der Waals surface area contributed by atoms with Gasteiger partial charge in [0, 0.05) is 13.1 Å². The van der Waals surface area contributed by atoms with Crippen LogP contribution in [0.1, 0.15) is 31.2 Å². The van der Waals surface area contributed by atoms with Gasteiger partial charge in [0.15, 0.2) is 0 Å². The second-order valence-electron chi connectivity index (χ2n) is 7.34. The van der Waals surface area contributed by atoms with Crippen LogP contribution in [0.3, 0.4) is 0 Å². The van der Waals surface area contributed by atoms with E-state index in [9.17, 15) is 4.79 Å². The van der Waals surface area contributed by atoms with Gasteiger partial charge in [0.1, 0.15) is 0 Å². The third kappa shape index (κ3) is 3.52. The summed E-state index contributed by atoms with van der Waals surface area (Å²) >= 11 is 0. The molecule has 1 saturated carbocycles. The number of amides is 1. The van der Waals surface area contributed by atoms with Gasteiger partial charge in [-0.1, -0.05) is 30.3 Å². The van der Waals surface area contributed by atoms with E-state index in [0.29, 0.717) is 31.0 Å². The van der Waals surface area contributed by atoms with Crippen LogP contribution in [0, 0.1) is 11.8 Å². The zero-order valence-electron chi connectivity index (χ0n) is 13.7. The summed E-state index contributed by atoms with van der Waals surface area (Å²) in [6, 6.07) is 10.6. The first-order chi connectivity index (χ1) is 11.3. The Morgan fingerprint density at radius 2 is 1.87 bits per heavy atom. The standard InChI is InChI=1S/C19H26N2O2/c22-19(23-14-16-6-7-16)21(12-15-4-2-1-3-5-15)18-13-20-10-8-17(18)9-11-20/h1-5,16-18H,6-14H2. The van der Waals surface area contributed by atoms with E-state index in [0.717, 1.165) is 6.54 Å². The molecule has 4 nitrogen and oxygen atoms in total. The molecule has 0 N–H and O–H groups in total. The predicted octanol–water partition coefficient (Wildman–Crippen LogP) is 3.13. The fraction of sp³-hybridized carbons (Fsp3) is 0.632. The third-order valence-corrected chi connectivity index (χ3v) is 5.59. The second kappa shape index (κ2) is 6.52. The summed E-state index contributed by atoms with van der Waals surface area (Å²) in [5.41, 5.74) is 1.19. The highest BCUT2D eigenvalue weighted by molar-refractivity contribution is 5.68. The Balaban J connectivity index is 1.48. The Morgan fingerprint density at radius 3 is 2.48 bits per heavy atom. The molecule has 1 unspecified atom stereocenters. The summed E-state index contributed by atoms with van der Waals surface area (Å²) in [7, 11) is 0. The largest absolute Gasteiger partial charge is 0.449 e.